The van der Waals surface area contributed by atoms with Gasteiger partial charge in [0.2, 0.25) is 5.91 Å². The van der Waals surface area contributed by atoms with Crippen molar-refractivity contribution in [1.29, 1.82) is 0 Å². The van der Waals surface area contributed by atoms with Gasteiger partial charge in [-0.05, 0) is 31.9 Å². The first-order valence-corrected chi connectivity index (χ1v) is 10.8. The number of piperidine rings is 1. The zero-order valence-corrected chi connectivity index (χ0v) is 17.9. The number of nitrogens with zero attached hydrogens (tertiary/aromatic N) is 3. The highest BCUT2D eigenvalue weighted by atomic mass is 35.5. The Kier molecular flexibility index (Phi) is 8.43. The van der Waals surface area contributed by atoms with Gasteiger partial charge in [-0.1, -0.05) is 23.7 Å². The lowest BCUT2D eigenvalue weighted by atomic mass is 9.95. The topological polar surface area (TPSA) is 66.4 Å². The smallest absolute Gasteiger partial charge is 0.225 e. The largest absolute Gasteiger partial charge is 0.490 e. The third-order valence-corrected chi connectivity index (χ3v) is 5.56. The summed E-state index contributed by atoms with van der Waals surface area (Å²) < 4.78 is 11.1. The molecule has 1 amide bonds. The average molecular weight is 423 g/mol. The molecule has 0 unspecified atom stereocenters. The van der Waals surface area contributed by atoms with E-state index < -0.39 is 0 Å². The fourth-order valence-corrected chi connectivity index (χ4v) is 3.87. The Morgan fingerprint density at radius 3 is 2.62 bits per heavy atom. The number of amides is 1. The summed E-state index contributed by atoms with van der Waals surface area (Å²) in [5.74, 6) is 1.95. The standard InChI is InChI=1S/C21H31ClN4O3/c1-2-23-21(24-9-14-29-19-6-4-3-5-18(19)22)26-10-7-17(8-11-26)20(27)25-12-15-28-16-13-25/h3-6,17H,2,7-16H2,1H3,(H,23,24). The van der Waals surface area contributed by atoms with Gasteiger partial charge >= 0.3 is 0 Å². The van der Waals surface area contributed by atoms with Crippen molar-refractivity contribution in [1.82, 2.24) is 15.1 Å². The van der Waals surface area contributed by atoms with Crippen LogP contribution in [-0.2, 0) is 9.53 Å². The van der Waals surface area contributed by atoms with Crippen LogP contribution < -0.4 is 10.1 Å². The minimum absolute atomic E-state index is 0.107. The Morgan fingerprint density at radius 2 is 1.93 bits per heavy atom. The molecule has 0 spiro atoms. The molecule has 2 fully saturated rings. The van der Waals surface area contributed by atoms with Crippen molar-refractivity contribution in [3.8, 4) is 5.75 Å². The monoisotopic (exact) mass is 422 g/mol. The lowest BCUT2D eigenvalue weighted by molar-refractivity contribution is -0.140. The number of carbonyl (C=O) groups excluding carboxylic acids is 1. The third kappa shape index (κ3) is 6.24. The van der Waals surface area contributed by atoms with Crippen LogP contribution >= 0.6 is 11.6 Å². The van der Waals surface area contributed by atoms with E-state index in [1.54, 1.807) is 0 Å². The number of benzene rings is 1. The van der Waals surface area contributed by atoms with E-state index in [-0.39, 0.29) is 11.8 Å². The molecule has 8 heteroatoms. The molecule has 1 aromatic rings. The maximum Gasteiger partial charge on any atom is 0.225 e. The van der Waals surface area contributed by atoms with Gasteiger partial charge in [0, 0.05) is 38.6 Å². The van der Waals surface area contributed by atoms with E-state index in [0.29, 0.717) is 50.2 Å². The van der Waals surface area contributed by atoms with Crippen LogP contribution in [0.15, 0.2) is 29.3 Å². The van der Waals surface area contributed by atoms with Gasteiger partial charge in [0.25, 0.3) is 0 Å². The number of hydrogen-bond acceptors (Lipinski definition) is 4. The molecule has 1 N–H and O–H groups in total. The molecule has 29 heavy (non-hydrogen) atoms. The van der Waals surface area contributed by atoms with Crippen LogP contribution in [0.3, 0.4) is 0 Å². The minimum atomic E-state index is 0.107. The summed E-state index contributed by atoms with van der Waals surface area (Å²) in [6, 6.07) is 7.45. The molecule has 3 rings (SSSR count). The molecule has 1 aromatic carbocycles. The fourth-order valence-electron chi connectivity index (χ4n) is 3.67. The highest BCUT2D eigenvalue weighted by Gasteiger charge is 2.30. The number of hydrogen-bond donors (Lipinski definition) is 1. The highest BCUT2D eigenvalue weighted by Crippen LogP contribution is 2.23. The molecular weight excluding hydrogens is 392 g/mol. The maximum atomic E-state index is 12.7. The Morgan fingerprint density at radius 1 is 1.21 bits per heavy atom. The first kappa shape index (κ1) is 21.7. The number of guanidine groups is 1. The van der Waals surface area contributed by atoms with Crippen LogP contribution in [0.4, 0.5) is 0 Å². The fraction of sp³-hybridized carbons (Fsp3) is 0.619. The summed E-state index contributed by atoms with van der Waals surface area (Å²) in [7, 11) is 0. The molecule has 2 aliphatic heterocycles. The van der Waals surface area contributed by atoms with Crippen LogP contribution in [0.1, 0.15) is 19.8 Å². The van der Waals surface area contributed by atoms with E-state index in [4.69, 9.17) is 26.1 Å². The summed E-state index contributed by atoms with van der Waals surface area (Å²) in [6.45, 7) is 8.27. The second-order valence-corrected chi connectivity index (χ2v) is 7.62. The molecule has 2 aliphatic rings. The Labute approximate surface area is 178 Å². The third-order valence-electron chi connectivity index (χ3n) is 5.25. The van der Waals surface area contributed by atoms with Crippen LogP contribution in [0, 0.1) is 5.92 Å². The van der Waals surface area contributed by atoms with Crippen molar-refractivity contribution >= 4 is 23.5 Å². The van der Waals surface area contributed by atoms with Crippen molar-refractivity contribution in [2.75, 3.05) is 59.1 Å². The minimum Gasteiger partial charge on any atom is -0.490 e. The van der Waals surface area contributed by atoms with E-state index in [2.05, 4.69) is 17.1 Å². The van der Waals surface area contributed by atoms with E-state index in [0.717, 1.165) is 38.4 Å². The summed E-state index contributed by atoms with van der Waals surface area (Å²) in [4.78, 5) is 21.6. The first-order valence-electron chi connectivity index (χ1n) is 10.5. The predicted octanol–water partition coefficient (Wildman–Crippen LogP) is 2.26. The Hall–Kier alpha value is -1.99. The van der Waals surface area contributed by atoms with Gasteiger partial charge in [-0.15, -0.1) is 0 Å². The number of nitrogens with one attached hydrogen (secondary N) is 1. The van der Waals surface area contributed by atoms with Gasteiger partial charge in [0.15, 0.2) is 5.96 Å². The number of para-hydroxylation sites is 1. The number of ether oxygens (including phenoxy) is 2. The first-order chi connectivity index (χ1) is 14.2. The Balaban J connectivity index is 1.47. The van der Waals surface area contributed by atoms with Crippen molar-refractivity contribution in [3.05, 3.63) is 29.3 Å². The molecule has 0 aliphatic carbocycles. The number of likely N-dealkylation sites (tertiary alicyclic amines) is 1. The predicted molar refractivity (Wildman–Crippen MR) is 115 cm³/mol. The van der Waals surface area contributed by atoms with Crippen molar-refractivity contribution < 1.29 is 14.3 Å². The lowest BCUT2D eigenvalue weighted by Crippen LogP contribution is -2.50. The maximum absolute atomic E-state index is 12.7. The molecule has 160 valence electrons. The summed E-state index contributed by atoms with van der Waals surface area (Å²) in [6.07, 6.45) is 1.72. The van der Waals surface area contributed by atoms with E-state index in [1.807, 2.05) is 29.2 Å². The molecule has 0 bridgehead atoms. The van der Waals surface area contributed by atoms with Gasteiger partial charge in [0.1, 0.15) is 12.4 Å². The van der Waals surface area contributed by atoms with E-state index in [9.17, 15) is 4.79 Å². The van der Waals surface area contributed by atoms with Crippen molar-refractivity contribution in [2.45, 2.75) is 19.8 Å². The van der Waals surface area contributed by atoms with Crippen LogP contribution in [0.25, 0.3) is 0 Å². The zero-order valence-electron chi connectivity index (χ0n) is 17.1. The second kappa shape index (κ2) is 11.3. The molecule has 0 saturated carbocycles. The van der Waals surface area contributed by atoms with Gasteiger partial charge in [-0.25, -0.2) is 4.99 Å². The number of halogens is 1. The Bertz CT molecular complexity index is 686. The quantitative estimate of drug-likeness (QED) is 0.432. The molecule has 0 radical (unpaired) electrons. The molecule has 7 nitrogen and oxygen atoms in total. The van der Waals surface area contributed by atoms with Gasteiger partial charge in [0.05, 0.1) is 24.8 Å². The molecule has 0 aromatic heterocycles. The van der Waals surface area contributed by atoms with Gasteiger partial charge in [-0.2, -0.15) is 0 Å². The molecule has 0 atom stereocenters. The SMILES string of the molecule is CCNC(=NCCOc1ccccc1Cl)N1CCC(C(=O)N2CCOCC2)CC1. The molecule has 2 saturated heterocycles. The van der Waals surface area contributed by atoms with Crippen LogP contribution in [0.5, 0.6) is 5.75 Å². The van der Waals surface area contributed by atoms with Crippen molar-refractivity contribution in [2.24, 2.45) is 10.9 Å². The number of carbonyl (C=O) groups is 1. The van der Waals surface area contributed by atoms with Gasteiger partial charge in [-0.3, -0.25) is 4.79 Å². The summed E-state index contributed by atoms with van der Waals surface area (Å²) >= 11 is 6.11. The normalized spacial score (nSPS) is 18.6. The van der Waals surface area contributed by atoms with Crippen LogP contribution in [-0.4, -0.2) is 80.8 Å². The summed E-state index contributed by atoms with van der Waals surface area (Å²) in [5.41, 5.74) is 0. The average Bonchev–Trinajstić information content (AvgIpc) is 2.77. The molecule has 2 heterocycles. The number of aliphatic imine (C=N–C) groups is 1. The highest BCUT2D eigenvalue weighted by molar-refractivity contribution is 6.32. The van der Waals surface area contributed by atoms with Crippen molar-refractivity contribution in [3.63, 3.8) is 0 Å². The second-order valence-electron chi connectivity index (χ2n) is 7.21. The van der Waals surface area contributed by atoms with E-state index >= 15 is 0 Å². The lowest BCUT2D eigenvalue weighted by Gasteiger charge is -2.36. The van der Waals surface area contributed by atoms with E-state index in [1.165, 1.54) is 0 Å². The molecular formula is C21H31ClN4O3. The number of rotatable bonds is 6. The van der Waals surface area contributed by atoms with Gasteiger partial charge < -0.3 is 24.6 Å². The zero-order chi connectivity index (χ0) is 20.5. The van der Waals surface area contributed by atoms with Crippen LogP contribution in [0.2, 0.25) is 5.02 Å². The number of morpholine rings is 1. The summed E-state index contributed by atoms with van der Waals surface area (Å²) in [5, 5.41) is 3.96.